The lowest BCUT2D eigenvalue weighted by molar-refractivity contribution is -0.137. The Hall–Kier alpha value is -2.50. The topological polar surface area (TPSA) is 82.8 Å². The summed E-state index contributed by atoms with van der Waals surface area (Å²) in [4.78, 5) is 29.1. The number of nitrogens with one attached hydrogen (secondary N) is 1. The van der Waals surface area contributed by atoms with Crippen molar-refractivity contribution >= 4 is 24.6 Å². The maximum atomic E-state index is 11.9. The summed E-state index contributed by atoms with van der Waals surface area (Å²) in [7, 11) is 1.64. The van der Waals surface area contributed by atoms with Gasteiger partial charge in [-0.2, -0.15) is 0 Å². The van der Waals surface area contributed by atoms with Crippen LogP contribution in [0.2, 0.25) is 0 Å². The van der Waals surface area contributed by atoms with Gasteiger partial charge in [0, 0.05) is 25.2 Å². The van der Waals surface area contributed by atoms with Gasteiger partial charge in [0.05, 0.1) is 6.21 Å². The molecule has 0 aliphatic rings. The Bertz CT molecular complexity index is 540. The fourth-order valence-electron chi connectivity index (χ4n) is 1.66. The number of carbonyl (C=O) groups is 2. The van der Waals surface area contributed by atoms with Gasteiger partial charge in [0.25, 0.3) is 5.91 Å². The van der Waals surface area contributed by atoms with Crippen LogP contribution in [0.5, 0.6) is 0 Å². The molecule has 0 saturated heterocycles. The van der Waals surface area contributed by atoms with Crippen LogP contribution in [0.3, 0.4) is 0 Å². The largest absolute Gasteiger partial charge is 0.386 e. The Balaban J connectivity index is 2.45. The lowest BCUT2D eigenvalue weighted by Crippen LogP contribution is -2.41. The van der Waals surface area contributed by atoms with Crippen molar-refractivity contribution in [3.63, 3.8) is 0 Å². The second-order valence-corrected chi connectivity index (χ2v) is 5.06. The van der Waals surface area contributed by atoms with E-state index in [9.17, 15) is 9.59 Å². The number of aldehydes is 1. The lowest BCUT2D eigenvalue weighted by Gasteiger charge is -2.26. The smallest absolute Gasteiger partial charge is 0.263 e. The Morgan fingerprint density at radius 3 is 2.45 bits per heavy atom. The van der Waals surface area contributed by atoms with Gasteiger partial charge in [-0.1, -0.05) is 36.3 Å². The van der Waals surface area contributed by atoms with Crippen molar-refractivity contribution in [3.8, 4) is 0 Å². The minimum atomic E-state index is -0.238. The van der Waals surface area contributed by atoms with Crippen LogP contribution in [0.25, 0.3) is 0 Å². The molecule has 1 N–H and O–H groups in total. The molecule has 6 nitrogen and oxygen atoms in total. The van der Waals surface area contributed by atoms with Crippen LogP contribution in [0.15, 0.2) is 29.4 Å². The predicted molar refractivity (Wildman–Crippen MR) is 85.3 cm³/mol. The first-order valence-electron chi connectivity index (χ1n) is 6.96. The van der Waals surface area contributed by atoms with Gasteiger partial charge in [-0.15, -0.1) is 0 Å². The van der Waals surface area contributed by atoms with Gasteiger partial charge in [0.2, 0.25) is 0 Å². The van der Waals surface area contributed by atoms with Crippen LogP contribution in [0.4, 0.5) is 0 Å². The van der Waals surface area contributed by atoms with E-state index in [1.807, 2.05) is 6.92 Å². The molecule has 2 unspecified atom stereocenters. The number of carbonyl (C=O) groups excluding carboxylic acids is 2. The summed E-state index contributed by atoms with van der Waals surface area (Å²) in [6.45, 7) is 3.39. The first-order valence-corrected chi connectivity index (χ1v) is 6.96. The number of rotatable bonds is 8. The Morgan fingerprint density at radius 1 is 1.32 bits per heavy atom. The Kier molecular flexibility index (Phi) is 6.95. The number of benzene rings is 1. The molecule has 118 valence electrons. The summed E-state index contributed by atoms with van der Waals surface area (Å²) in [5.41, 5.74) is 1.61. The Morgan fingerprint density at radius 2 is 1.91 bits per heavy atom. The van der Waals surface area contributed by atoms with E-state index in [1.54, 1.807) is 38.2 Å². The zero-order valence-electron chi connectivity index (χ0n) is 13.0. The molecule has 0 heterocycles. The second kappa shape index (κ2) is 8.71. The highest BCUT2D eigenvalue weighted by molar-refractivity contribution is 5.83. The van der Waals surface area contributed by atoms with Gasteiger partial charge in [-0.25, -0.2) is 0 Å². The van der Waals surface area contributed by atoms with Crippen molar-refractivity contribution in [1.82, 2.24) is 4.90 Å². The van der Waals surface area contributed by atoms with Gasteiger partial charge in [-0.3, -0.25) is 4.79 Å². The predicted octanol–water partition coefficient (Wildman–Crippen LogP) is 1.72. The first kappa shape index (κ1) is 17.6. The van der Waals surface area contributed by atoms with Crippen molar-refractivity contribution in [1.29, 1.82) is 5.41 Å². The third kappa shape index (κ3) is 5.12. The van der Waals surface area contributed by atoms with Gasteiger partial charge in [0.1, 0.15) is 6.29 Å². The van der Waals surface area contributed by atoms with E-state index in [2.05, 4.69) is 5.16 Å². The lowest BCUT2D eigenvalue weighted by atomic mass is 10.0. The zero-order chi connectivity index (χ0) is 16.5. The van der Waals surface area contributed by atoms with E-state index < -0.39 is 0 Å². The summed E-state index contributed by atoms with van der Waals surface area (Å²) in [6, 6.07) is 6.99. The molecular formula is C16H21N3O3. The number of nitrogens with zero attached hydrogens (tertiary/aromatic N) is 2. The molecule has 22 heavy (non-hydrogen) atoms. The molecule has 1 rings (SSSR count). The highest BCUT2D eigenvalue weighted by atomic mass is 16.6. The summed E-state index contributed by atoms with van der Waals surface area (Å²) in [6.07, 6.45) is 3.58. The van der Waals surface area contributed by atoms with Crippen LogP contribution in [-0.4, -0.2) is 49.2 Å². The van der Waals surface area contributed by atoms with Crippen molar-refractivity contribution < 1.29 is 14.4 Å². The molecular weight excluding hydrogens is 282 g/mol. The third-order valence-electron chi connectivity index (χ3n) is 3.55. The number of amides is 1. The zero-order valence-corrected chi connectivity index (χ0v) is 13.0. The van der Waals surface area contributed by atoms with Crippen LogP contribution in [-0.2, 0) is 14.4 Å². The van der Waals surface area contributed by atoms with Crippen molar-refractivity contribution in [2.45, 2.75) is 19.9 Å². The molecule has 0 fully saturated rings. The maximum Gasteiger partial charge on any atom is 0.263 e. The van der Waals surface area contributed by atoms with E-state index in [1.165, 1.54) is 17.3 Å². The van der Waals surface area contributed by atoms with Crippen LogP contribution < -0.4 is 0 Å². The molecule has 0 aliphatic carbocycles. The SMILES string of the molecule is CC(C=O)C(C)N(C)C(=O)CO/N=C/c1ccc(C=N)cc1. The van der Waals surface area contributed by atoms with E-state index in [0.717, 1.165) is 17.4 Å². The highest BCUT2D eigenvalue weighted by Crippen LogP contribution is 2.07. The molecule has 0 aliphatic heterocycles. The summed E-state index contributed by atoms with van der Waals surface area (Å²) in [5, 5.41) is 10.8. The average Bonchev–Trinajstić information content (AvgIpc) is 2.56. The van der Waals surface area contributed by atoms with Gasteiger partial charge in [0.15, 0.2) is 6.61 Å². The van der Waals surface area contributed by atoms with Crippen molar-refractivity contribution in [2.24, 2.45) is 11.1 Å². The van der Waals surface area contributed by atoms with Gasteiger partial charge in [-0.05, 0) is 18.1 Å². The van der Waals surface area contributed by atoms with E-state index >= 15 is 0 Å². The average molecular weight is 303 g/mol. The molecule has 6 heteroatoms. The minimum Gasteiger partial charge on any atom is -0.386 e. The minimum absolute atomic E-state index is 0.179. The third-order valence-corrected chi connectivity index (χ3v) is 3.55. The van der Waals surface area contributed by atoms with E-state index in [-0.39, 0.29) is 24.5 Å². The summed E-state index contributed by atoms with van der Waals surface area (Å²) < 4.78 is 0. The number of hydrogen-bond acceptors (Lipinski definition) is 5. The fraction of sp³-hybridized carbons (Fsp3) is 0.375. The molecule has 0 saturated carbocycles. The van der Waals surface area contributed by atoms with Gasteiger partial charge < -0.3 is 19.9 Å². The van der Waals surface area contributed by atoms with Crippen LogP contribution >= 0.6 is 0 Å². The Labute approximate surface area is 130 Å². The quantitative estimate of drug-likeness (QED) is 0.451. The summed E-state index contributed by atoms with van der Waals surface area (Å²) >= 11 is 0. The van der Waals surface area contributed by atoms with Gasteiger partial charge >= 0.3 is 0 Å². The monoisotopic (exact) mass is 303 g/mol. The molecule has 2 atom stereocenters. The standard InChI is InChI=1S/C16H21N3O3/c1-12(10-20)13(2)19(3)16(21)11-22-18-9-15-6-4-14(8-17)5-7-15/h4-10,12-13,17H,11H2,1-3H3/b17-8?,18-9+. The maximum absolute atomic E-state index is 11.9. The number of likely N-dealkylation sites (N-methyl/N-ethyl adjacent to an activating group) is 1. The van der Waals surface area contributed by atoms with Crippen molar-refractivity contribution in [2.75, 3.05) is 13.7 Å². The number of hydrogen-bond donors (Lipinski definition) is 1. The molecule has 0 aromatic heterocycles. The summed E-state index contributed by atoms with van der Waals surface area (Å²) in [5.74, 6) is -0.470. The van der Waals surface area contributed by atoms with E-state index in [0.29, 0.717) is 0 Å². The van der Waals surface area contributed by atoms with Crippen LogP contribution in [0, 0.1) is 11.3 Å². The molecule has 0 spiro atoms. The molecule has 1 aromatic rings. The molecule has 1 aromatic carbocycles. The normalized spacial score (nSPS) is 13.4. The van der Waals surface area contributed by atoms with E-state index in [4.69, 9.17) is 10.2 Å². The highest BCUT2D eigenvalue weighted by Gasteiger charge is 2.20. The molecule has 0 radical (unpaired) electrons. The molecule has 1 amide bonds. The number of oxime groups is 1. The fourth-order valence-corrected chi connectivity index (χ4v) is 1.66. The second-order valence-electron chi connectivity index (χ2n) is 5.06. The van der Waals surface area contributed by atoms with Crippen LogP contribution in [0.1, 0.15) is 25.0 Å². The van der Waals surface area contributed by atoms with Crippen molar-refractivity contribution in [3.05, 3.63) is 35.4 Å². The molecule has 0 bridgehead atoms. The first-order chi connectivity index (χ1) is 10.5.